The molecule has 6 nitrogen and oxygen atoms in total. The highest BCUT2D eigenvalue weighted by molar-refractivity contribution is 8.00. The summed E-state index contributed by atoms with van der Waals surface area (Å²) in [6.07, 6.45) is -2.93. The lowest BCUT2D eigenvalue weighted by atomic mass is 10.2. The number of carbonyl (C=O) groups is 1. The van der Waals surface area contributed by atoms with Crippen molar-refractivity contribution in [2.75, 3.05) is 5.32 Å². The Balaban J connectivity index is 1.60. The van der Waals surface area contributed by atoms with E-state index in [9.17, 15) is 18.0 Å². The molecule has 170 valence electrons. The molecule has 1 atom stereocenters. The molecule has 0 radical (unpaired) electrons. The number of rotatable bonds is 6. The first-order valence-electron chi connectivity index (χ1n) is 9.94. The molecule has 0 aliphatic rings. The summed E-state index contributed by atoms with van der Waals surface area (Å²) in [6, 6.07) is 15.7. The van der Waals surface area contributed by atoms with Crippen LogP contribution in [0.5, 0.6) is 0 Å². The highest BCUT2D eigenvalue weighted by Gasteiger charge is 2.31. The third kappa shape index (κ3) is 4.95. The van der Waals surface area contributed by atoms with E-state index in [1.807, 2.05) is 41.8 Å². The van der Waals surface area contributed by atoms with Gasteiger partial charge in [-0.2, -0.15) is 13.2 Å². The van der Waals surface area contributed by atoms with Crippen LogP contribution in [0.4, 0.5) is 18.9 Å². The van der Waals surface area contributed by atoms with Crippen molar-refractivity contribution >= 4 is 23.4 Å². The largest absolute Gasteiger partial charge is 0.469 e. The van der Waals surface area contributed by atoms with Crippen LogP contribution in [0, 0.1) is 6.92 Å². The van der Waals surface area contributed by atoms with Gasteiger partial charge in [-0.3, -0.25) is 9.36 Å². The number of alkyl halides is 3. The Hall–Kier alpha value is -3.53. The zero-order valence-corrected chi connectivity index (χ0v) is 18.4. The number of halogens is 3. The SMILES string of the molecule is Cc1occc1-c1nnc(S[C@H](C)C(=O)Nc2cccc(C(F)(F)F)c2)n1-c1ccccc1. The number of furan rings is 1. The molecule has 0 bridgehead atoms. The number of amides is 1. The maximum absolute atomic E-state index is 13.0. The number of hydrogen-bond donors (Lipinski definition) is 1. The first kappa shape index (κ1) is 22.7. The third-order valence-electron chi connectivity index (χ3n) is 4.86. The van der Waals surface area contributed by atoms with Crippen molar-refractivity contribution in [1.29, 1.82) is 0 Å². The molecule has 2 aromatic heterocycles. The number of para-hydroxylation sites is 1. The van der Waals surface area contributed by atoms with Gasteiger partial charge < -0.3 is 9.73 Å². The van der Waals surface area contributed by atoms with Crippen LogP contribution in [0.25, 0.3) is 17.1 Å². The van der Waals surface area contributed by atoms with E-state index in [1.165, 1.54) is 12.1 Å². The standard InChI is InChI=1S/C23H19F3N4O2S/c1-14-19(11-12-32-14)20-28-29-22(30(20)18-9-4-3-5-10-18)33-15(2)21(31)27-17-8-6-7-16(13-17)23(24,25)26/h3-13,15H,1-2H3,(H,27,31)/t15-/m1/s1. The van der Waals surface area contributed by atoms with Crippen LogP contribution >= 0.6 is 11.8 Å². The zero-order valence-electron chi connectivity index (χ0n) is 17.6. The average molecular weight is 472 g/mol. The van der Waals surface area contributed by atoms with Gasteiger partial charge in [0.25, 0.3) is 0 Å². The van der Waals surface area contributed by atoms with E-state index in [-0.39, 0.29) is 5.69 Å². The highest BCUT2D eigenvalue weighted by atomic mass is 32.2. The van der Waals surface area contributed by atoms with E-state index in [0.717, 1.165) is 35.1 Å². The second-order valence-electron chi connectivity index (χ2n) is 7.20. The van der Waals surface area contributed by atoms with Crippen molar-refractivity contribution in [2.24, 2.45) is 0 Å². The fraction of sp³-hybridized carbons (Fsp3) is 0.174. The van der Waals surface area contributed by atoms with E-state index in [0.29, 0.717) is 16.7 Å². The number of benzene rings is 2. The lowest BCUT2D eigenvalue weighted by Crippen LogP contribution is -2.23. The van der Waals surface area contributed by atoms with Crippen LogP contribution in [-0.4, -0.2) is 25.9 Å². The number of aromatic nitrogens is 3. The van der Waals surface area contributed by atoms with Crippen molar-refractivity contribution in [3.63, 3.8) is 0 Å². The predicted molar refractivity (Wildman–Crippen MR) is 119 cm³/mol. The predicted octanol–water partition coefficient (Wildman–Crippen LogP) is 5.97. The summed E-state index contributed by atoms with van der Waals surface area (Å²) in [4.78, 5) is 12.7. The molecule has 2 aromatic carbocycles. The van der Waals surface area contributed by atoms with Gasteiger partial charge >= 0.3 is 6.18 Å². The Labute approximate surface area is 191 Å². The van der Waals surface area contributed by atoms with Gasteiger partial charge in [-0.15, -0.1) is 10.2 Å². The Morgan fingerprint density at radius 2 is 1.85 bits per heavy atom. The number of anilines is 1. The minimum atomic E-state index is -4.49. The molecular formula is C23H19F3N4O2S. The fourth-order valence-electron chi connectivity index (χ4n) is 3.18. The monoisotopic (exact) mass is 472 g/mol. The minimum Gasteiger partial charge on any atom is -0.469 e. The van der Waals surface area contributed by atoms with Gasteiger partial charge in [0.15, 0.2) is 11.0 Å². The van der Waals surface area contributed by atoms with Crippen LogP contribution < -0.4 is 5.32 Å². The third-order valence-corrected chi connectivity index (χ3v) is 5.90. The number of nitrogens with zero attached hydrogens (tertiary/aromatic N) is 3. The molecule has 0 saturated heterocycles. The van der Waals surface area contributed by atoms with Gasteiger partial charge in [-0.25, -0.2) is 0 Å². The molecule has 0 fully saturated rings. The molecule has 0 unspecified atom stereocenters. The molecule has 0 aliphatic heterocycles. The Morgan fingerprint density at radius 3 is 2.52 bits per heavy atom. The van der Waals surface area contributed by atoms with Gasteiger partial charge in [0, 0.05) is 11.4 Å². The van der Waals surface area contributed by atoms with Crippen LogP contribution in [0.3, 0.4) is 0 Å². The molecule has 1 amide bonds. The van der Waals surface area contributed by atoms with Gasteiger partial charge in [0.1, 0.15) is 5.76 Å². The second kappa shape index (κ2) is 9.14. The Kier molecular flexibility index (Phi) is 6.28. The van der Waals surface area contributed by atoms with Gasteiger partial charge in [0.05, 0.1) is 22.6 Å². The van der Waals surface area contributed by atoms with Crippen LogP contribution in [0.2, 0.25) is 0 Å². The van der Waals surface area contributed by atoms with Crippen LogP contribution in [-0.2, 0) is 11.0 Å². The number of aryl methyl sites for hydroxylation is 1. The zero-order chi connectivity index (χ0) is 23.6. The van der Waals surface area contributed by atoms with Crippen LogP contribution in [0.1, 0.15) is 18.2 Å². The van der Waals surface area contributed by atoms with Gasteiger partial charge in [-0.1, -0.05) is 36.0 Å². The molecule has 0 saturated carbocycles. The fourth-order valence-corrected chi connectivity index (χ4v) is 4.04. The molecule has 0 spiro atoms. The molecule has 1 N–H and O–H groups in total. The lowest BCUT2D eigenvalue weighted by Gasteiger charge is -2.14. The van der Waals surface area contributed by atoms with E-state index >= 15 is 0 Å². The highest BCUT2D eigenvalue weighted by Crippen LogP contribution is 2.33. The summed E-state index contributed by atoms with van der Waals surface area (Å²) in [5, 5.41) is 10.9. The smallest absolute Gasteiger partial charge is 0.416 e. The van der Waals surface area contributed by atoms with Gasteiger partial charge in [-0.05, 0) is 50.2 Å². The number of hydrogen-bond acceptors (Lipinski definition) is 5. The summed E-state index contributed by atoms with van der Waals surface area (Å²) in [5.74, 6) is 0.773. The first-order chi connectivity index (χ1) is 15.7. The maximum atomic E-state index is 13.0. The average Bonchev–Trinajstić information content (AvgIpc) is 3.39. The van der Waals surface area contributed by atoms with Crippen molar-refractivity contribution < 1.29 is 22.4 Å². The molecule has 2 heterocycles. The Bertz CT molecular complexity index is 1270. The van der Waals surface area contributed by atoms with E-state index < -0.39 is 22.9 Å². The van der Waals surface area contributed by atoms with E-state index in [2.05, 4.69) is 15.5 Å². The molecule has 4 rings (SSSR count). The first-order valence-corrected chi connectivity index (χ1v) is 10.8. The van der Waals surface area contributed by atoms with E-state index in [4.69, 9.17) is 4.42 Å². The summed E-state index contributed by atoms with van der Waals surface area (Å²) < 4.78 is 46.1. The number of nitrogens with one attached hydrogen (secondary N) is 1. The second-order valence-corrected chi connectivity index (χ2v) is 8.50. The molecular weight excluding hydrogens is 453 g/mol. The summed E-state index contributed by atoms with van der Waals surface area (Å²) >= 11 is 1.15. The molecule has 33 heavy (non-hydrogen) atoms. The topological polar surface area (TPSA) is 72.9 Å². The summed E-state index contributed by atoms with van der Waals surface area (Å²) in [5.41, 5.74) is 0.802. The Morgan fingerprint density at radius 1 is 1.09 bits per heavy atom. The lowest BCUT2D eigenvalue weighted by molar-refractivity contribution is -0.137. The van der Waals surface area contributed by atoms with Crippen molar-refractivity contribution in [1.82, 2.24) is 14.8 Å². The van der Waals surface area contributed by atoms with Crippen LogP contribution in [0.15, 0.2) is 76.5 Å². The molecule has 0 aliphatic carbocycles. The van der Waals surface area contributed by atoms with E-state index in [1.54, 1.807) is 19.3 Å². The van der Waals surface area contributed by atoms with Crippen molar-refractivity contribution in [2.45, 2.75) is 30.4 Å². The maximum Gasteiger partial charge on any atom is 0.416 e. The quantitative estimate of drug-likeness (QED) is 0.350. The summed E-state index contributed by atoms with van der Waals surface area (Å²) in [7, 11) is 0. The number of thioether (sulfide) groups is 1. The van der Waals surface area contributed by atoms with Crippen molar-refractivity contribution in [3.05, 3.63) is 78.3 Å². The van der Waals surface area contributed by atoms with Gasteiger partial charge in [0.2, 0.25) is 5.91 Å². The normalized spacial score (nSPS) is 12.5. The summed E-state index contributed by atoms with van der Waals surface area (Å²) in [6.45, 7) is 3.47. The molecule has 4 aromatic rings. The minimum absolute atomic E-state index is 0.0708. The molecule has 10 heteroatoms. The number of carbonyl (C=O) groups excluding carboxylic acids is 1. The van der Waals surface area contributed by atoms with Crippen molar-refractivity contribution in [3.8, 4) is 17.1 Å².